The van der Waals surface area contributed by atoms with Crippen LogP contribution >= 0.6 is 0 Å². The summed E-state index contributed by atoms with van der Waals surface area (Å²) in [5.41, 5.74) is 4.51. The van der Waals surface area contributed by atoms with Crippen molar-refractivity contribution in [1.29, 1.82) is 0 Å². The van der Waals surface area contributed by atoms with E-state index in [0.29, 0.717) is 29.4 Å². The number of aromatic nitrogens is 3. The number of hydrogen-bond donors (Lipinski definition) is 2. The van der Waals surface area contributed by atoms with Crippen LogP contribution in [0, 0.1) is 0 Å². The molecule has 8 heteroatoms. The highest BCUT2D eigenvalue weighted by Gasteiger charge is 2.24. The lowest BCUT2D eigenvalue weighted by atomic mass is 9.96. The molecule has 0 saturated heterocycles. The van der Waals surface area contributed by atoms with Crippen LogP contribution in [0.4, 0.5) is 23.0 Å². The standard InChI is InChI=1S/C27H33N7O/c1-6-13-33(5)34(25-10-12-29-26(32-25)27(2,3)4)23-15-24(30-17-21(23)18-35)31-22-8-7-19-9-11-28-16-20(19)14-22/h6-8,10,12,14-15,17-18,28H,1,9,11,13,16H2,2-5H3,(H,30,31). The number of fused-ring (bicyclic) bond motifs is 1. The molecule has 2 aromatic heterocycles. The summed E-state index contributed by atoms with van der Waals surface area (Å²) in [5.74, 6) is 2.01. The number of rotatable bonds is 8. The number of nitrogens with zero attached hydrogens (tertiary/aromatic N) is 5. The molecule has 0 aliphatic carbocycles. The van der Waals surface area contributed by atoms with E-state index in [1.165, 1.54) is 11.1 Å². The quantitative estimate of drug-likeness (QED) is 0.281. The number of anilines is 4. The lowest BCUT2D eigenvalue weighted by Crippen LogP contribution is -2.38. The molecule has 0 atom stereocenters. The molecule has 182 valence electrons. The summed E-state index contributed by atoms with van der Waals surface area (Å²) >= 11 is 0. The number of hydrogen-bond acceptors (Lipinski definition) is 8. The number of carbonyl (C=O) groups excluding carboxylic acids is 1. The lowest BCUT2D eigenvalue weighted by molar-refractivity contribution is 0.112. The largest absolute Gasteiger partial charge is 0.340 e. The minimum Gasteiger partial charge on any atom is -0.340 e. The van der Waals surface area contributed by atoms with Crippen molar-refractivity contribution in [2.75, 3.05) is 30.5 Å². The van der Waals surface area contributed by atoms with E-state index in [1.54, 1.807) is 18.5 Å². The SMILES string of the molecule is C=CCN(C)N(c1ccnc(C(C)(C)C)n1)c1cc(Nc2ccc3c(c2)CNCC3)ncc1C=O. The number of benzene rings is 1. The van der Waals surface area contributed by atoms with Gasteiger partial charge in [0.05, 0.1) is 11.3 Å². The summed E-state index contributed by atoms with van der Waals surface area (Å²) in [5, 5.41) is 10.7. The summed E-state index contributed by atoms with van der Waals surface area (Å²) in [6.45, 7) is 12.5. The third-order valence-electron chi connectivity index (χ3n) is 5.90. The van der Waals surface area contributed by atoms with Crippen LogP contribution in [-0.2, 0) is 18.4 Å². The molecule has 8 nitrogen and oxygen atoms in total. The summed E-state index contributed by atoms with van der Waals surface area (Å²) in [4.78, 5) is 25.8. The van der Waals surface area contributed by atoms with Crippen molar-refractivity contribution in [3.8, 4) is 0 Å². The van der Waals surface area contributed by atoms with E-state index in [4.69, 9.17) is 4.98 Å². The van der Waals surface area contributed by atoms with Crippen LogP contribution in [0.2, 0.25) is 0 Å². The molecule has 35 heavy (non-hydrogen) atoms. The second-order valence-electron chi connectivity index (χ2n) is 9.71. The Bertz CT molecular complexity index is 1220. The second kappa shape index (κ2) is 10.3. The molecule has 3 heterocycles. The first kappa shape index (κ1) is 24.5. The van der Waals surface area contributed by atoms with Gasteiger partial charge in [-0.25, -0.2) is 20.0 Å². The van der Waals surface area contributed by atoms with E-state index in [0.717, 1.165) is 37.3 Å². The van der Waals surface area contributed by atoms with Crippen LogP contribution < -0.4 is 15.6 Å². The van der Waals surface area contributed by atoms with Gasteiger partial charge in [0, 0.05) is 55.8 Å². The lowest BCUT2D eigenvalue weighted by Gasteiger charge is -2.33. The van der Waals surface area contributed by atoms with Crippen molar-refractivity contribution in [1.82, 2.24) is 25.3 Å². The van der Waals surface area contributed by atoms with Crippen LogP contribution in [-0.4, -0.2) is 46.4 Å². The van der Waals surface area contributed by atoms with Gasteiger partial charge in [-0.2, -0.15) is 0 Å². The van der Waals surface area contributed by atoms with E-state index < -0.39 is 0 Å². The zero-order chi connectivity index (χ0) is 25.0. The Hall–Kier alpha value is -3.62. The van der Waals surface area contributed by atoms with Gasteiger partial charge < -0.3 is 10.6 Å². The topological polar surface area (TPSA) is 86.3 Å². The van der Waals surface area contributed by atoms with E-state index in [9.17, 15) is 4.79 Å². The van der Waals surface area contributed by atoms with Crippen molar-refractivity contribution >= 4 is 29.3 Å². The van der Waals surface area contributed by atoms with Crippen molar-refractivity contribution in [2.24, 2.45) is 0 Å². The molecule has 0 unspecified atom stereocenters. The summed E-state index contributed by atoms with van der Waals surface area (Å²) in [7, 11) is 1.93. The predicted molar refractivity (Wildman–Crippen MR) is 140 cm³/mol. The number of carbonyl (C=O) groups is 1. The minimum absolute atomic E-state index is 0.224. The Balaban J connectivity index is 1.75. The number of aldehydes is 1. The second-order valence-corrected chi connectivity index (χ2v) is 9.71. The molecule has 1 aliphatic heterocycles. The zero-order valence-electron chi connectivity index (χ0n) is 20.9. The highest BCUT2D eigenvalue weighted by molar-refractivity contribution is 5.87. The van der Waals surface area contributed by atoms with Crippen LogP contribution in [0.5, 0.6) is 0 Å². The Morgan fingerprint density at radius 1 is 1.17 bits per heavy atom. The average molecular weight is 472 g/mol. The monoisotopic (exact) mass is 471 g/mol. The number of nitrogens with one attached hydrogen (secondary N) is 2. The molecule has 0 spiro atoms. The average Bonchev–Trinajstić information content (AvgIpc) is 2.84. The summed E-state index contributed by atoms with van der Waals surface area (Å²) < 4.78 is 0. The zero-order valence-corrected chi connectivity index (χ0v) is 20.9. The highest BCUT2D eigenvalue weighted by atomic mass is 16.1. The first-order valence-corrected chi connectivity index (χ1v) is 11.8. The van der Waals surface area contributed by atoms with Gasteiger partial charge in [0.2, 0.25) is 0 Å². The number of hydrazine groups is 1. The number of pyridine rings is 1. The molecule has 2 N–H and O–H groups in total. The maximum absolute atomic E-state index is 12.0. The van der Waals surface area contributed by atoms with Crippen LogP contribution in [0.3, 0.4) is 0 Å². The fraction of sp³-hybridized carbons (Fsp3) is 0.333. The molecular formula is C27H33N7O. The van der Waals surface area contributed by atoms with E-state index >= 15 is 0 Å². The van der Waals surface area contributed by atoms with Gasteiger partial charge in [0.25, 0.3) is 0 Å². The molecule has 3 aromatic rings. The fourth-order valence-electron chi connectivity index (χ4n) is 4.08. The Kier molecular flexibility index (Phi) is 7.23. The van der Waals surface area contributed by atoms with Crippen LogP contribution in [0.15, 0.2) is 55.4 Å². The van der Waals surface area contributed by atoms with Crippen molar-refractivity contribution < 1.29 is 4.79 Å². The molecule has 0 radical (unpaired) electrons. The summed E-state index contributed by atoms with van der Waals surface area (Å²) in [6, 6.07) is 10.1. The molecule has 0 saturated carbocycles. The van der Waals surface area contributed by atoms with Gasteiger partial charge in [-0.1, -0.05) is 32.9 Å². The Morgan fingerprint density at radius 2 is 2.00 bits per heavy atom. The first-order chi connectivity index (χ1) is 16.8. The normalized spacial score (nSPS) is 13.3. The Morgan fingerprint density at radius 3 is 2.74 bits per heavy atom. The van der Waals surface area contributed by atoms with E-state index in [1.807, 2.05) is 29.2 Å². The smallest absolute Gasteiger partial charge is 0.153 e. The van der Waals surface area contributed by atoms with Crippen molar-refractivity contribution in [3.05, 3.63) is 77.9 Å². The minimum atomic E-state index is -0.224. The van der Waals surface area contributed by atoms with Gasteiger partial charge in [0.1, 0.15) is 11.6 Å². The van der Waals surface area contributed by atoms with Gasteiger partial charge >= 0.3 is 0 Å². The maximum atomic E-state index is 12.0. The molecule has 0 bridgehead atoms. The van der Waals surface area contributed by atoms with Crippen molar-refractivity contribution in [3.63, 3.8) is 0 Å². The highest BCUT2D eigenvalue weighted by Crippen LogP contribution is 2.32. The van der Waals surface area contributed by atoms with E-state index in [2.05, 4.69) is 66.2 Å². The third kappa shape index (κ3) is 5.55. The predicted octanol–water partition coefficient (Wildman–Crippen LogP) is 4.54. The van der Waals surface area contributed by atoms with Gasteiger partial charge in [-0.3, -0.25) is 9.80 Å². The Labute approximate surface area is 207 Å². The fourth-order valence-corrected chi connectivity index (χ4v) is 4.08. The molecule has 0 fully saturated rings. The molecule has 0 amide bonds. The molecule has 4 rings (SSSR count). The summed E-state index contributed by atoms with van der Waals surface area (Å²) in [6.07, 6.45) is 7.00. The van der Waals surface area contributed by atoms with Gasteiger partial charge in [0.15, 0.2) is 12.1 Å². The van der Waals surface area contributed by atoms with Gasteiger partial charge in [-0.05, 0) is 36.2 Å². The first-order valence-electron chi connectivity index (χ1n) is 11.8. The third-order valence-corrected chi connectivity index (χ3v) is 5.90. The molecule has 1 aromatic carbocycles. The molecule has 1 aliphatic rings. The number of likely N-dealkylation sites (N-methyl/N-ethyl adjacent to an activating group) is 1. The van der Waals surface area contributed by atoms with Crippen LogP contribution in [0.1, 0.15) is 48.1 Å². The van der Waals surface area contributed by atoms with E-state index in [-0.39, 0.29) is 5.41 Å². The van der Waals surface area contributed by atoms with Gasteiger partial charge in [-0.15, -0.1) is 6.58 Å². The maximum Gasteiger partial charge on any atom is 0.153 e. The van der Waals surface area contributed by atoms with Crippen molar-refractivity contribution in [2.45, 2.75) is 39.2 Å². The van der Waals surface area contributed by atoms with Crippen LogP contribution in [0.25, 0.3) is 0 Å². The molecular weight excluding hydrogens is 438 g/mol.